The summed E-state index contributed by atoms with van der Waals surface area (Å²) in [5.74, 6) is -1.42. The van der Waals surface area contributed by atoms with Gasteiger partial charge in [0.25, 0.3) is 0 Å². The van der Waals surface area contributed by atoms with Crippen LogP contribution in [-0.2, 0) is 6.42 Å². The Morgan fingerprint density at radius 2 is 1.89 bits per heavy atom. The van der Waals surface area contributed by atoms with Crippen LogP contribution < -0.4 is 0 Å². The van der Waals surface area contributed by atoms with E-state index in [1.165, 1.54) is 0 Å². The normalized spacial score (nSPS) is 10.5. The van der Waals surface area contributed by atoms with Gasteiger partial charge in [-0.05, 0) is 54.4 Å². The summed E-state index contributed by atoms with van der Waals surface area (Å²) in [6.07, 6.45) is -0.176. The highest BCUT2D eigenvalue weighted by atomic mass is 35.5. The van der Waals surface area contributed by atoms with Crippen molar-refractivity contribution in [2.24, 2.45) is 0 Å². The van der Waals surface area contributed by atoms with Gasteiger partial charge in [0.1, 0.15) is 11.6 Å². The molecule has 0 spiro atoms. The van der Waals surface area contributed by atoms with E-state index < -0.39 is 11.6 Å². The van der Waals surface area contributed by atoms with Crippen molar-refractivity contribution in [2.45, 2.75) is 13.3 Å². The van der Waals surface area contributed by atoms with Gasteiger partial charge in [-0.3, -0.25) is 4.79 Å². The molecule has 19 heavy (non-hydrogen) atoms. The lowest BCUT2D eigenvalue weighted by Crippen LogP contribution is -2.06. The maximum absolute atomic E-state index is 13.4. The molecule has 0 N–H and O–H groups in total. The Bertz CT molecular complexity index is 638. The van der Waals surface area contributed by atoms with Crippen molar-refractivity contribution in [3.05, 3.63) is 69.7 Å². The van der Waals surface area contributed by atoms with E-state index in [4.69, 9.17) is 11.6 Å². The lowest BCUT2D eigenvalue weighted by molar-refractivity contribution is 0.0991. The lowest BCUT2D eigenvalue weighted by Gasteiger charge is -2.05. The fraction of sp³-hybridized carbons (Fsp3) is 0.133. The summed E-state index contributed by atoms with van der Waals surface area (Å²) >= 11 is 5.87. The molecular weight excluding hydrogens is 270 g/mol. The van der Waals surface area contributed by atoms with Gasteiger partial charge in [0.15, 0.2) is 5.78 Å². The van der Waals surface area contributed by atoms with Gasteiger partial charge in [-0.1, -0.05) is 11.6 Å². The minimum absolute atomic E-state index is 0.0533. The first kappa shape index (κ1) is 13.7. The monoisotopic (exact) mass is 280 g/mol. The summed E-state index contributed by atoms with van der Waals surface area (Å²) in [7, 11) is 0. The number of hydrogen-bond acceptors (Lipinski definition) is 1. The Labute approximate surface area is 114 Å². The molecule has 0 atom stereocenters. The molecule has 0 amide bonds. The number of rotatable bonds is 3. The first-order chi connectivity index (χ1) is 8.97. The van der Waals surface area contributed by atoms with Gasteiger partial charge in [0.2, 0.25) is 0 Å². The van der Waals surface area contributed by atoms with Crippen molar-refractivity contribution in [1.82, 2.24) is 0 Å². The Morgan fingerprint density at radius 3 is 2.58 bits per heavy atom. The highest BCUT2D eigenvalue weighted by molar-refractivity contribution is 6.31. The van der Waals surface area contributed by atoms with Gasteiger partial charge in [0, 0.05) is 17.0 Å². The summed E-state index contributed by atoms with van der Waals surface area (Å²) < 4.78 is 26.5. The molecule has 0 fully saturated rings. The molecule has 0 saturated carbocycles. The molecule has 0 aliphatic rings. The first-order valence-electron chi connectivity index (χ1n) is 5.70. The van der Waals surface area contributed by atoms with Crippen molar-refractivity contribution < 1.29 is 13.6 Å². The Kier molecular flexibility index (Phi) is 3.96. The molecule has 2 aromatic carbocycles. The van der Waals surface area contributed by atoms with E-state index in [1.807, 2.05) is 0 Å². The molecule has 2 rings (SSSR count). The number of carbonyl (C=O) groups excluding carboxylic acids is 1. The van der Waals surface area contributed by atoms with Crippen LogP contribution in [0.3, 0.4) is 0 Å². The second-order valence-electron chi connectivity index (χ2n) is 4.30. The molecule has 1 nitrogen and oxygen atoms in total. The van der Waals surface area contributed by atoms with E-state index in [1.54, 1.807) is 25.1 Å². The molecule has 0 bridgehead atoms. The number of Topliss-reactive ketones (excluding diaryl/α,β-unsaturated/α-hetero) is 1. The summed E-state index contributed by atoms with van der Waals surface area (Å²) in [5, 5.41) is 0.563. The van der Waals surface area contributed by atoms with Gasteiger partial charge in [0.05, 0.1) is 0 Å². The molecule has 4 heteroatoms. The van der Waals surface area contributed by atoms with Crippen LogP contribution in [-0.4, -0.2) is 5.78 Å². The van der Waals surface area contributed by atoms with Gasteiger partial charge in [-0.25, -0.2) is 8.78 Å². The highest BCUT2D eigenvalue weighted by Gasteiger charge is 2.12. The van der Waals surface area contributed by atoms with E-state index in [-0.39, 0.29) is 17.8 Å². The summed E-state index contributed by atoms with van der Waals surface area (Å²) in [4.78, 5) is 12.0. The van der Waals surface area contributed by atoms with Crippen LogP contribution in [0.15, 0.2) is 36.4 Å². The third-order valence-electron chi connectivity index (χ3n) is 2.84. The maximum atomic E-state index is 13.4. The van der Waals surface area contributed by atoms with Crippen LogP contribution in [0.4, 0.5) is 8.78 Å². The number of halogens is 3. The molecule has 0 aliphatic carbocycles. The number of benzene rings is 2. The van der Waals surface area contributed by atoms with Crippen LogP contribution in [0.1, 0.15) is 21.5 Å². The molecule has 0 aromatic heterocycles. The number of hydrogen-bond donors (Lipinski definition) is 0. The fourth-order valence-electron chi connectivity index (χ4n) is 1.77. The summed E-state index contributed by atoms with van der Waals surface area (Å²) in [6.45, 7) is 1.78. The Hall–Kier alpha value is -1.74. The van der Waals surface area contributed by atoms with Gasteiger partial charge in [-0.15, -0.1) is 0 Å². The lowest BCUT2D eigenvalue weighted by atomic mass is 10.0. The quantitative estimate of drug-likeness (QED) is 0.764. The first-order valence-corrected chi connectivity index (χ1v) is 6.08. The number of carbonyl (C=O) groups is 1. The molecule has 0 aliphatic heterocycles. The van der Waals surface area contributed by atoms with Crippen molar-refractivity contribution >= 4 is 17.4 Å². The van der Waals surface area contributed by atoms with Crippen LogP contribution >= 0.6 is 11.6 Å². The van der Waals surface area contributed by atoms with Crippen molar-refractivity contribution in [3.63, 3.8) is 0 Å². The van der Waals surface area contributed by atoms with Gasteiger partial charge < -0.3 is 0 Å². The number of aryl methyl sites for hydroxylation is 1. The molecular formula is C15H11ClF2O. The van der Waals surface area contributed by atoms with Crippen molar-refractivity contribution in [2.75, 3.05) is 0 Å². The zero-order valence-corrected chi connectivity index (χ0v) is 11.0. The topological polar surface area (TPSA) is 17.1 Å². The second-order valence-corrected chi connectivity index (χ2v) is 4.71. The SMILES string of the molecule is Cc1cc(C(=O)Cc2cc(F)ccc2F)ccc1Cl. The third-order valence-corrected chi connectivity index (χ3v) is 3.26. The Balaban J connectivity index is 2.25. The summed E-state index contributed by atoms with van der Waals surface area (Å²) in [6, 6.07) is 7.92. The van der Waals surface area contributed by atoms with E-state index >= 15 is 0 Å². The standard InChI is InChI=1S/C15H11ClF2O/c1-9-6-10(2-4-13(9)16)15(19)8-11-7-12(17)3-5-14(11)18/h2-7H,8H2,1H3. The average molecular weight is 281 g/mol. The van der Waals surface area contributed by atoms with E-state index in [0.717, 1.165) is 23.8 Å². The highest BCUT2D eigenvalue weighted by Crippen LogP contribution is 2.18. The smallest absolute Gasteiger partial charge is 0.167 e. The largest absolute Gasteiger partial charge is 0.294 e. The van der Waals surface area contributed by atoms with Crippen LogP contribution in [0.25, 0.3) is 0 Å². The van der Waals surface area contributed by atoms with Gasteiger partial charge >= 0.3 is 0 Å². The van der Waals surface area contributed by atoms with E-state index in [0.29, 0.717) is 10.6 Å². The zero-order chi connectivity index (χ0) is 14.0. The summed E-state index contributed by atoms with van der Waals surface area (Å²) in [5.41, 5.74) is 1.26. The fourth-order valence-corrected chi connectivity index (χ4v) is 1.89. The molecule has 0 radical (unpaired) electrons. The molecule has 98 valence electrons. The third kappa shape index (κ3) is 3.18. The maximum Gasteiger partial charge on any atom is 0.167 e. The number of ketones is 1. The molecule has 0 heterocycles. The van der Waals surface area contributed by atoms with E-state index in [9.17, 15) is 13.6 Å². The van der Waals surface area contributed by atoms with E-state index in [2.05, 4.69) is 0 Å². The van der Waals surface area contributed by atoms with Crippen LogP contribution in [0.5, 0.6) is 0 Å². The minimum atomic E-state index is -0.583. The minimum Gasteiger partial charge on any atom is -0.294 e. The second kappa shape index (κ2) is 5.49. The predicted molar refractivity (Wildman–Crippen MR) is 70.6 cm³/mol. The molecule has 0 unspecified atom stereocenters. The predicted octanol–water partition coefficient (Wildman–Crippen LogP) is 4.35. The molecule has 0 saturated heterocycles. The average Bonchev–Trinajstić information content (AvgIpc) is 2.37. The van der Waals surface area contributed by atoms with Crippen LogP contribution in [0, 0.1) is 18.6 Å². The van der Waals surface area contributed by atoms with Crippen molar-refractivity contribution in [3.8, 4) is 0 Å². The Morgan fingerprint density at radius 1 is 1.16 bits per heavy atom. The van der Waals surface area contributed by atoms with Gasteiger partial charge in [-0.2, -0.15) is 0 Å². The molecule has 2 aromatic rings. The zero-order valence-electron chi connectivity index (χ0n) is 10.2. The van der Waals surface area contributed by atoms with Crippen LogP contribution in [0.2, 0.25) is 5.02 Å². The van der Waals surface area contributed by atoms with Crippen molar-refractivity contribution in [1.29, 1.82) is 0 Å².